The third kappa shape index (κ3) is 8.59. The van der Waals surface area contributed by atoms with Gasteiger partial charge in [0, 0.05) is 29.0 Å². The average molecular weight is 689 g/mol. The lowest BCUT2D eigenvalue weighted by atomic mass is 10.1. The van der Waals surface area contributed by atoms with Gasteiger partial charge >= 0.3 is 6.09 Å². The SMILES string of the molecule is CCCCCCC(NC(=O)OC(C)(C)C)C(=O)N1CC(Oc2nc3c(-c4nc(-c5ccccc5)cs4)cccc3n2C(C)C)CC1C(N)=O. The molecule has 0 saturated carbocycles. The first-order chi connectivity index (χ1) is 23.4. The van der Waals surface area contributed by atoms with Gasteiger partial charge in [-0.3, -0.25) is 14.2 Å². The molecule has 262 valence electrons. The van der Waals surface area contributed by atoms with Gasteiger partial charge in [-0.25, -0.2) is 9.78 Å². The molecular weight excluding hydrogens is 641 g/mol. The zero-order valence-electron chi connectivity index (χ0n) is 29.3. The van der Waals surface area contributed by atoms with E-state index in [1.807, 2.05) is 58.5 Å². The summed E-state index contributed by atoms with van der Waals surface area (Å²) in [6.07, 6.45) is 3.11. The minimum absolute atomic E-state index is 0.00281. The van der Waals surface area contributed by atoms with Crippen LogP contribution in [0, 0.1) is 0 Å². The highest BCUT2D eigenvalue weighted by molar-refractivity contribution is 7.13. The highest BCUT2D eigenvalue weighted by Gasteiger charge is 2.43. The van der Waals surface area contributed by atoms with E-state index in [0.29, 0.717) is 12.4 Å². The van der Waals surface area contributed by atoms with E-state index in [-0.39, 0.29) is 24.9 Å². The van der Waals surface area contributed by atoms with Crippen LogP contribution in [0.25, 0.3) is 32.9 Å². The number of likely N-dealkylation sites (tertiary alicyclic amines) is 1. The molecule has 1 aliphatic heterocycles. The third-order valence-electron chi connectivity index (χ3n) is 8.49. The van der Waals surface area contributed by atoms with E-state index in [0.717, 1.165) is 58.5 Å². The molecule has 0 aliphatic carbocycles. The molecule has 1 saturated heterocycles. The number of rotatable bonds is 13. The first-order valence-electron chi connectivity index (χ1n) is 17.1. The number of carbonyl (C=O) groups excluding carboxylic acids is 3. The fourth-order valence-corrected chi connectivity index (χ4v) is 7.07. The van der Waals surface area contributed by atoms with Crippen molar-refractivity contribution in [2.75, 3.05) is 6.54 Å². The molecule has 4 aromatic rings. The lowest BCUT2D eigenvalue weighted by molar-refractivity contribution is -0.139. The number of unbranched alkanes of at least 4 members (excludes halogenated alkanes) is 3. The Labute approximate surface area is 292 Å². The molecular formula is C37H48N6O5S. The number of ether oxygens (including phenoxy) is 2. The molecule has 3 amide bonds. The highest BCUT2D eigenvalue weighted by atomic mass is 32.1. The molecule has 5 rings (SSSR count). The quantitative estimate of drug-likeness (QED) is 0.143. The first kappa shape index (κ1) is 35.8. The summed E-state index contributed by atoms with van der Waals surface area (Å²) >= 11 is 1.56. The van der Waals surface area contributed by atoms with Crippen molar-refractivity contribution in [1.29, 1.82) is 0 Å². The second-order valence-electron chi connectivity index (χ2n) is 13.9. The summed E-state index contributed by atoms with van der Waals surface area (Å²) in [5.41, 5.74) is 9.60. The summed E-state index contributed by atoms with van der Waals surface area (Å²) in [5.74, 6) is -1.01. The summed E-state index contributed by atoms with van der Waals surface area (Å²) in [5, 5.41) is 5.65. The molecule has 2 aromatic heterocycles. The number of primary amides is 1. The topological polar surface area (TPSA) is 142 Å². The lowest BCUT2D eigenvalue weighted by Gasteiger charge is -2.28. The van der Waals surface area contributed by atoms with Crippen molar-refractivity contribution in [3.8, 4) is 27.8 Å². The lowest BCUT2D eigenvalue weighted by Crippen LogP contribution is -2.53. The van der Waals surface area contributed by atoms with Gasteiger partial charge in [0.15, 0.2) is 0 Å². The Bertz CT molecular complexity index is 1760. The minimum atomic E-state index is -0.893. The van der Waals surface area contributed by atoms with Crippen LogP contribution < -0.4 is 15.8 Å². The van der Waals surface area contributed by atoms with E-state index in [1.165, 1.54) is 4.90 Å². The van der Waals surface area contributed by atoms with Gasteiger partial charge in [0.1, 0.15) is 34.3 Å². The van der Waals surface area contributed by atoms with Gasteiger partial charge in [-0.1, -0.05) is 69.0 Å². The largest absolute Gasteiger partial charge is 0.459 e. The average Bonchev–Trinajstić information content (AvgIpc) is 3.79. The van der Waals surface area contributed by atoms with Crippen molar-refractivity contribution in [2.24, 2.45) is 5.73 Å². The molecule has 3 atom stereocenters. The van der Waals surface area contributed by atoms with Crippen LogP contribution >= 0.6 is 11.3 Å². The van der Waals surface area contributed by atoms with E-state index < -0.39 is 35.8 Å². The van der Waals surface area contributed by atoms with Gasteiger partial charge in [0.2, 0.25) is 11.8 Å². The number of nitrogens with two attached hydrogens (primary N) is 1. The molecule has 0 radical (unpaired) electrons. The van der Waals surface area contributed by atoms with E-state index in [4.69, 9.17) is 25.2 Å². The fraction of sp³-hybridized carbons (Fsp3) is 0.486. The Morgan fingerprint density at radius 1 is 1.04 bits per heavy atom. The van der Waals surface area contributed by atoms with E-state index >= 15 is 0 Å². The summed E-state index contributed by atoms with van der Waals surface area (Å²) in [4.78, 5) is 50.8. The number of amides is 3. The number of carbonyl (C=O) groups is 3. The normalized spacial score (nSPS) is 17.0. The monoisotopic (exact) mass is 688 g/mol. The van der Waals surface area contributed by atoms with E-state index in [9.17, 15) is 14.4 Å². The van der Waals surface area contributed by atoms with Crippen LogP contribution in [0.5, 0.6) is 6.01 Å². The molecule has 1 aliphatic rings. The third-order valence-corrected chi connectivity index (χ3v) is 9.37. The van der Waals surface area contributed by atoms with Crippen LogP contribution in [0.3, 0.4) is 0 Å². The van der Waals surface area contributed by atoms with Gasteiger partial charge in [0.25, 0.3) is 6.01 Å². The summed E-state index contributed by atoms with van der Waals surface area (Å²) in [7, 11) is 0. The van der Waals surface area contributed by atoms with Crippen molar-refractivity contribution in [3.63, 3.8) is 0 Å². The molecule has 0 spiro atoms. The van der Waals surface area contributed by atoms with Crippen molar-refractivity contribution in [3.05, 3.63) is 53.9 Å². The first-order valence-corrected chi connectivity index (χ1v) is 18.0. The van der Waals surface area contributed by atoms with Gasteiger partial charge in [-0.15, -0.1) is 11.3 Å². The molecule has 2 aromatic carbocycles. The molecule has 0 bridgehead atoms. The zero-order valence-corrected chi connectivity index (χ0v) is 30.1. The smallest absolute Gasteiger partial charge is 0.408 e. The number of benzene rings is 2. The second-order valence-corrected chi connectivity index (χ2v) is 14.7. The Balaban J connectivity index is 1.40. The Morgan fingerprint density at radius 2 is 1.80 bits per heavy atom. The molecule has 49 heavy (non-hydrogen) atoms. The van der Waals surface area contributed by atoms with Crippen LogP contribution in [-0.4, -0.2) is 67.7 Å². The molecule has 12 heteroatoms. The number of thiazole rings is 1. The molecule has 3 heterocycles. The number of hydrogen-bond donors (Lipinski definition) is 2. The van der Waals surface area contributed by atoms with Gasteiger partial charge < -0.3 is 25.4 Å². The van der Waals surface area contributed by atoms with Crippen molar-refractivity contribution in [2.45, 2.75) is 110 Å². The zero-order chi connectivity index (χ0) is 35.3. The molecule has 3 unspecified atom stereocenters. The number of alkyl carbamates (subject to hydrolysis) is 1. The van der Waals surface area contributed by atoms with Crippen LogP contribution in [0.15, 0.2) is 53.9 Å². The molecule has 11 nitrogen and oxygen atoms in total. The van der Waals surface area contributed by atoms with Crippen LogP contribution in [0.1, 0.15) is 86.1 Å². The maximum atomic E-state index is 14.0. The van der Waals surface area contributed by atoms with Crippen LogP contribution in [-0.2, 0) is 14.3 Å². The molecule has 3 N–H and O–H groups in total. The van der Waals surface area contributed by atoms with E-state index in [1.54, 1.807) is 32.1 Å². The van der Waals surface area contributed by atoms with Crippen LogP contribution in [0.4, 0.5) is 4.79 Å². The predicted octanol–water partition coefficient (Wildman–Crippen LogP) is 7.11. The number of aromatic nitrogens is 3. The van der Waals surface area contributed by atoms with Crippen molar-refractivity contribution in [1.82, 2.24) is 24.8 Å². The number of hydrogen-bond acceptors (Lipinski definition) is 8. The fourth-order valence-electron chi connectivity index (χ4n) is 6.22. The number of imidazole rings is 1. The summed E-state index contributed by atoms with van der Waals surface area (Å²) in [6, 6.07) is 14.7. The highest BCUT2D eigenvalue weighted by Crippen LogP contribution is 2.37. The number of nitrogens with one attached hydrogen (secondary N) is 1. The number of nitrogens with zero attached hydrogens (tertiary/aromatic N) is 4. The Hall–Kier alpha value is -4.45. The summed E-state index contributed by atoms with van der Waals surface area (Å²) in [6.45, 7) is 11.6. The maximum Gasteiger partial charge on any atom is 0.408 e. The van der Waals surface area contributed by atoms with Crippen molar-refractivity contribution < 1.29 is 23.9 Å². The van der Waals surface area contributed by atoms with Crippen molar-refractivity contribution >= 4 is 40.3 Å². The minimum Gasteiger partial charge on any atom is -0.459 e. The predicted molar refractivity (Wildman–Crippen MR) is 192 cm³/mol. The van der Waals surface area contributed by atoms with Gasteiger partial charge in [-0.05, 0) is 53.2 Å². The maximum absolute atomic E-state index is 14.0. The van der Waals surface area contributed by atoms with Gasteiger partial charge in [0.05, 0.1) is 17.8 Å². The Kier molecular flexibility index (Phi) is 11.3. The number of fused-ring (bicyclic) bond motifs is 1. The van der Waals surface area contributed by atoms with Crippen LogP contribution in [0.2, 0.25) is 0 Å². The Morgan fingerprint density at radius 3 is 2.47 bits per heavy atom. The van der Waals surface area contributed by atoms with Gasteiger partial charge in [-0.2, -0.15) is 4.98 Å². The molecule has 1 fully saturated rings. The van der Waals surface area contributed by atoms with E-state index in [2.05, 4.69) is 26.1 Å². The summed E-state index contributed by atoms with van der Waals surface area (Å²) < 4.78 is 14.0. The number of para-hydroxylation sites is 1. The second kappa shape index (κ2) is 15.4. The standard InChI is InChI=1S/C37H48N6O5S/c1-7-8-9-13-18-27(40-36(46)48-37(4,5)6)34(45)42-21-25(20-30(42)32(38)44)47-35-41-31-26(17-14-19-29(31)43(35)23(2)3)33-39-28(22-49-33)24-15-11-10-12-16-24/h10-12,14-17,19,22-23,25,27,30H,7-9,13,18,20-21H2,1-6H3,(H2,38,44)(H,40,46).